The van der Waals surface area contributed by atoms with Crippen LogP contribution < -0.4 is 0 Å². The molecule has 4 nitrogen and oxygen atoms in total. The fourth-order valence-electron chi connectivity index (χ4n) is 2.83. The van der Waals surface area contributed by atoms with Gasteiger partial charge in [0.15, 0.2) is 0 Å². The molecular weight excluding hydrogens is 286 g/mol. The van der Waals surface area contributed by atoms with Gasteiger partial charge in [-0.1, -0.05) is 36.4 Å². The number of hydrogen-bond acceptors (Lipinski definition) is 4. The second kappa shape index (κ2) is 4.61. The van der Waals surface area contributed by atoms with Crippen LogP contribution in [0, 0.1) is 0 Å². The number of para-hydroxylation sites is 1. The summed E-state index contributed by atoms with van der Waals surface area (Å²) in [5.41, 5.74) is 3.62. The molecule has 2 aromatic carbocycles. The first-order chi connectivity index (χ1) is 11.4. The van der Waals surface area contributed by atoms with Crippen LogP contribution in [0.1, 0.15) is 0 Å². The average molecular weight is 297 g/mol. The molecule has 0 N–H and O–H groups in total. The van der Waals surface area contributed by atoms with Crippen molar-refractivity contribution in [2.45, 2.75) is 0 Å². The molecule has 0 atom stereocenters. The smallest absolute Gasteiger partial charge is 0.246 e. The van der Waals surface area contributed by atoms with Crippen molar-refractivity contribution in [2.75, 3.05) is 0 Å². The molecule has 3 aromatic heterocycles. The molecule has 0 saturated carbocycles. The number of nitrogens with zero attached hydrogens (tertiary/aromatic N) is 3. The quantitative estimate of drug-likeness (QED) is 0.454. The molecule has 5 aromatic rings. The Morgan fingerprint density at radius 2 is 1.57 bits per heavy atom. The first-order valence-electron chi connectivity index (χ1n) is 7.38. The lowest BCUT2D eigenvalue weighted by Crippen LogP contribution is -1.89. The summed E-state index contributed by atoms with van der Waals surface area (Å²) in [5.74, 6) is 0. The molecule has 0 aliphatic heterocycles. The van der Waals surface area contributed by atoms with Gasteiger partial charge in [-0.25, -0.2) is 9.97 Å². The SMILES string of the molecule is c1ccc2cc(-c3cnc4c(n3)oc3ccccc34)ncc2c1. The summed E-state index contributed by atoms with van der Waals surface area (Å²) in [6, 6.07) is 18.0. The van der Waals surface area contributed by atoms with E-state index in [2.05, 4.69) is 21.0 Å². The van der Waals surface area contributed by atoms with E-state index >= 15 is 0 Å². The highest BCUT2D eigenvalue weighted by atomic mass is 16.3. The lowest BCUT2D eigenvalue weighted by molar-refractivity contribution is 0.653. The fraction of sp³-hybridized carbons (Fsp3) is 0. The van der Waals surface area contributed by atoms with Gasteiger partial charge in [0.2, 0.25) is 5.71 Å². The Kier molecular flexibility index (Phi) is 2.46. The molecule has 23 heavy (non-hydrogen) atoms. The predicted molar refractivity (Wildman–Crippen MR) is 90.0 cm³/mol. The number of furan rings is 1. The summed E-state index contributed by atoms with van der Waals surface area (Å²) in [4.78, 5) is 13.6. The standard InChI is InChI=1S/C19H11N3O/c1-2-6-13-10-20-15(9-12(13)5-1)16-11-21-18-14-7-3-4-8-17(14)23-19(18)22-16/h1-11H. The first-order valence-corrected chi connectivity index (χ1v) is 7.38. The largest absolute Gasteiger partial charge is 0.436 e. The van der Waals surface area contributed by atoms with E-state index < -0.39 is 0 Å². The van der Waals surface area contributed by atoms with Crippen molar-refractivity contribution < 1.29 is 4.42 Å². The molecule has 0 aliphatic carbocycles. The van der Waals surface area contributed by atoms with Gasteiger partial charge in [0.1, 0.15) is 16.8 Å². The van der Waals surface area contributed by atoms with E-state index in [-0.39, 0.29) is 0 Å². The number of fused-ring (bicyclic) bond motifs is 4. The molecule has 0 unspecified atom stereocenters. The highest BCUT2D eigenvalue weighted by Crippen LogP contribution is 2.27. The third kappa shape index (κ3) is 1.89. The number of rotatable bonds is 1. The number of aromatic nitrogens is 3. The fourth-order valence-corrected chi connectivity index (χ4v) is 2.83. The zero-order valence-corrected chi connectivity index (χ0v) is 12.1. The van der Waals surface area contributed by atoms with Crippen LogP contribution in [0.15, 0.2) is 71.4 Å². The van der Waals surface area contributed by atoms with Crippen molar-refractivity contribution >= 4 is 33.0 Å². The van der Waals surface area contributed by atoms with Crippen LogP contribution in [0.5, 0.6) is 0 Å². The third-order valence-corrected chi connectivity index (χ3v) is 3.98. The Labute approximate surface area is 131 Å². The van der Waals surface area contributed by atoms with Crippen LogP contribution in [-0.4, -0.2) is 15.0 Å². The molecule has 0 spiro atoms. The van der Waals surface area contributed by atoms with E-state index in [4.69, 9.17) is 4.42 Å². The first kappa shape index (κ1) is 12.3. The van der Waals surface area contributed by atoms with E-state index in [9.17, 15) is 0 Å². The molecular formula is C19H11N3O. The topological polar surface area (TPSA) is 51.8 Å². The Bertz CT molecular complexity index is 1180. The molecule has 0 radical (unpaired) electrons. The lowest BCUT2D eigenvalue weighted by atomic mass is 10.1. The maximum absolute atomic E-state index is 5.80. The molecule has 0 saturated heterocycles. The second-order valence-corrected chi connectivity index (χ2v) is 5.42. The predicted octanol–water partition coefficient (Wildman–Crippen LogP) is 4.59. The van der Waals surface area contributed by atoms with Crippen LogP contribution in [0.25, 0.3) is 44.4 Å². The third-order valence-electron chi connectivity index (χ3n) is 3.98. The van der Waals surface area contributed by atoms with E-state index in [0.717, 1.165) is 33.0 Å². The Balaban J connectivity index is 1.73. The summed E-state index contributed by atoms with van der Waals surface area (Å²) in [6.45, 7) is 0. The van der Waals surface area contributed by atoms with Crippen molar-refractivity contribution in [2.24, 2.45) is 0 Å². The summed E-state index contributed by atoms with van der Waals surface area (Å²) in [6.07, 6.45) is 3.61. The molecule has 3 heterocycles. The van der Waals surface area contributed by atoms with E-state index in [1.165, 1.54) is 0 Å². The molecule has 108 valence electrons. The lowest BCUT2D eigenvalue weighted by Gasteiger charge is -2.02. The minimum Gasteiger partial charge on any atom is -0.436 e. The van der Waals surface area contributed by atoms with Gasteiger partial charge >= 0.3 is 0 Å². The van der Waals surface area contributed by atoms with Crippen LogP contribution in [0.3, 0.4) is 0 Å². The minimum absolute atomic E-state index is 0.540. The van der Waals surface area contributed by atoms with Crippen molar-refractivity contribution in [3.8, 4) is 11.4 Å². The maximum Gasteiger partial charge on any atom is 0.246 e. The van der Waals surface area contributed by atoms with Gasteiger partial charge in [-0.15, -0.1) is 0 Å². The number of benzene rings is 2. The van der Waals surface area contributed by atoms with Gasteiger partial charge in [0.25, 0.3) is 0 Å². The summed E-state index contributed by atoms with van der Waals surface area (Å²) in [7, 11) is 0. The van der Waals surface area contributed by atoms with E-state index in [1.807, 2.05) is 54.7 Å². The van der Waals surface area contributed by atoms with Gasteiger partial charge in [-0.3, -0.25) is 4.98 Å². The highest BCUT2D eigenvalue weighted by Gasteiger charge is 2.11. The maximum atomic E-state index is 5.80. The Morgan fingerprint density at radius 1 is 0.739 bits per heavy atom. The van der Waals surface area contributed by atoms with Gasteiger partial charge in [-0.05, 0) is 23.6 Å². The zero-order valence-electron chi connectivity index (χ0n) is 12.1. The van der Waals surface area contributed by atoms with Crippen LogP contribution in [0.4, 0.5) is 0 Å². The molecule has 0 amide bonds. The van der Waals surface area contributed by atoms with Crippen LogP contribution in [0.2, 0.25) is 0 Å². The van der Waals surface area contributed by atoms with E-state index in [1.54, 1.807) is 6.20 Å². The van der Waals surface area contributed by atoms with Crippen LogP contribution in [-0.2, 0) is 0 Å². The van der Waals surface area contributed by atoms with Gasteiger partial charge < -0.3 is 4.42 Å². The van der Waals surface area contributed by atoms with Crippen molar-refractivity contribution in [3.63, 3.8) is 0 Å². The number of hydrogen-bond donors (Lipinski definition) is 0. The monoisotopic (exact) mass is 297 g/mol. The summed E-state index contributed by atoms with van der Waals surface area (Å²) in [5, 5.41) is 3.21. The highest BCUT2D eigenvalue weighted by molar-refractivity contribution is 6.01. The normalized spacial score (nSPS) is 11.5. The molecule has 4 heteroatoms. The van der Waals surface area contributed by atoms with Gasteiger partial charge in [-0.2, -0.15) is 0 Å². The minimum atomic E-state index is 0.540. The van der Waals surface area contributed by atoms with Crippen molar-refractivity contribution in [3.05, 3.63) is 67.0 Å². The molecule has 5 rings (SSSR count). The molecule has 0 bridgehead atoms. The van der Waals surface area contributed by atoms with Crippen LogP contribution >= 0.6 is 0 Å². The average Bonchev–Trinajstić information content (AvgIpc) is 2.99. The summed E-state index contributed by atoms with van der Waals surface area (Å²) < 4.78 is 5.80. The van der Waals surface area contributed by atoms with Crippen molar-refractivity contribution in [1.82, 2.24) is 15.0 Å². The second-order valence-electron chi connectivity index (χ2n) is 5.42. The molecule has 0 fully saturated rings. The molecule has 0 aliphatic rings. The zero-order chi connectivity index (χ0) is 15.2. The van der Waals surface area contributed by atoms with Gasteiger partial charge in [0, 0.05) is 17.0 Å². The van der Waals surface area contributed by atoms with Crippen molar-refractivity contribution in [1.29, 1.82) is 0 Å². The number of pyridine rings is 1. The Morgan fingerprint density at radius 3 is 2.52 bits per heavy atom. The Hall–Kier alpha value is -3.27. The summed E-state index contributed by atoms with van der Waals surface area (Å²) >= 11 is 0. The van der Waals surface area contributed by atoms with Gasteiger partial charge in [0.05, 0.1) is 11.9 Å². The van der Waals surface area contributed by atoms with E-state index in [0.29, 0.717) is 11.4 Å².